The third-order valence-electron chi connectivity index (χ3n) is 4.73. The number of carbonyl (C=O) groups is 2. The van der Waals surface area contributed by atoms with E-state index in [2.05, 4.69) is 31.5 Å². The highest BCUT2D eigenvalue weighted by Gasteiger charge is 2.12. The Balaban J connectivity index is 1.30. The number of thiazole rings is 1. The van der Waals surface area contributed by atoms with Gasteiger partial charge in [0.15, 0.2) is 4.34 Å². The van der Waals surface area contributed by atoms with Crippen LogP contribution in [0.15, 0.2) is 74.9 Å². The summed E-state index contributed by atoms with van der Waals surface area (Å²) in [6.07, 6.45) is 0.189. The molecular weight excluding hydrogens is 506 g/mol. The third kappa shape index (κ3) is 5.76. The molecule has 0 atom stereocenters. The largest absolute Gasteiger partial charge is 0.326 e. The van der Waals surface area contributed by atoms with Crippen LogP contribution in [0, 0.1) is 6.92 Å². The fourth-order valence-corrected chi connectivity index (χ4v) is 5.33. The van der Waals surface area contributed by atoms with Crippen molar-refractivity contribution in [1.29, 1.82) is 0 Å². The zero-order valence-corrected chi connectivity index (χ0v) is 20.4. The van der Waals surface area contributed by atoms with Crippen molar-refractivity contribution in [3.8, 4) is 0 Å². The Morgan fingerprint density at radius 1 is 1.00 bits per heavy atom. The Morgan fingerprint density at radius 2 is 1.78 bits per heavy atom. The maximum atomic E-state index is 12.5. The van der Waals surface area contributed by atoms with Gasteiger partial charge < -0.3 is 10.6 Å². The number of carbonyl (C=O) groups excluding carboxylic acids is 2. The predicted octanol–water partition coefficient (Wildman–Crippen LogP) is 6.28. The number of aromatic nitrogens is 1. The molecule has 0 saturated carbocycles. The minimum Gasteiger partial charge on any atom is -0.326 e. The average molecular weight is 526 g/mol. The molecule has 2 N–H and O–H groups in total. The number of benzene rings is 3. The first-order valence-electron chi connectivity index (χ1n) is 9.89. The van der Waals surface area contributed by atoms with Crippen molar-refractivity contribution in [2.24, 2.45) is 0 Å². The third-order valence-corrected chi connectivity index (χ3v) is 7.29. The van der Waals surface area contributed by atoms with Gasteiger partial charge in [-0.1, -0.05) is 64.1 Å². The van der Waals surface area contributed by atoms with Gasteiger partial charge in [-0.15, -0.1) is 11.3 Å². The fraction of sp³-hybridized carbons (Fsp3) is 0.125. The van der Waals surface area contributed by atoms with Gasteiger partial charge in [0.05, 0.1) is 17.9 Å². The number of amides is 2. The van der Waals surface area contributed by atoms with Crippen LogP contribution in [0.1, 0.15) is 11.3 Å². The van der Waals surface area contributed by atoms with Crippen LogP contribution in [0.2, 0.25) is 0 Å². The van der Waals surface area contributed by atoms with Crippen LogP contribution in [0.5, 0.6) is 0 Å². The normalized spacial score (nSPS) is 10.8. The van der Waals surface area contributed by atoms with E-state index in [1.807, 2.05) is 73.0 Å². The number of hydrogen-bond acceptors (Lipinski definition) is 5. The Bertz CT molecular complexity index is 1280. The fourth-order valence-electron chi connectivity index (χ4n) is 3.21. The monoisotopic (exact) mass is 525 g/mol. The molecule has 0 fully saturated rings. The van der Waals surface area contributed by atoms with Gasteiger partial charge in [0.1, 0.15) is 0 Å². The number of thioether (sulfide) groups is 1. The highest BCUT2D eigenvalue weighted by atomic mass is 79.9. The zero-order valence-electron chi connectivity index (χ0n) is 17.2. The van der Waals surface area contributed by atoms with Crippen LogP contribution in [0.25, 0.3) is 10.8 Å². The maximum Gasteiger partial charge on any atom is 0.234 e. The summed E-state index contributed by atoms with van der Waals surface area (Å²) in [5.41, 5.74) is 3.26. The second-order valence-corrected chi connectivity index (χ2v) is 10.1. The van der Waals surface area contributed by atoms with Crippen molar-refractivity contribution in [3.63, 3.8) is 0 Å². The highest BCUT2D eigenvalue weighted by Crippen LogP contribution is 2.26. The topological polar surface area (TPSA) is 71.1 Å². The second-order valence-electron chi connectivity index (χ2n) is 7.15. The van der Waals surface area contributed by atoms with Gasteiger partial charge in [-0.2, -0.15) is 0 Å². The van der Waals surface area contributed by atoms with E-state index < -0.39 is 0 Å². The summed E-state index contributed by atoms with van der Waals surface area (Å²) in [5.74, 6) is 0.0398. The van der Waals surface area contributed by atoms with E-state index in [0.717, 1.165) is 36.5 Å². The first-order chi connectivity index (χ1) is 15.5. The number of aryl methyl sites for hydroxylation is 1. The molecule has 1 heterocycles. The summed E-state index contributed by atoms with van der Waals surface area (Å²) in [5, 5.41) is 9.86. The van der Waals surface area contributed by atoms with Gasteiger partial charge in [-0.3, -0.25) is 9.59 Å². The minimum absolute atomic E-state index is 0.0911. The molecule has 0 radical (unpaired) electrons. The van der Waals surface area contributed by atoms with Crippen molar-refractivity contribution >= 4 is 73.0 Å². The lowest BCUT2D eigenvalue weighted by Gasteiger charge is -2.08. The molecule has 0 aliphatic heterocycles. The number of hydrogen-bond donors (Lipinski definition) is 2. The number of fused-ring (bicyclic) bond motifs is 1. The lowest BCUT2D eigenvalue weighted by Crippen LogP contribution is -2.15. The van der Waals surface area contributed by atoms with Gasteiger partial charge in [-0.25, -0.2) is 4.98 Å². The van der Waals surface area contributed by atoms with Crippen molar-refractivity contribution in [2.45, 2.75) is 17.7 Å². The first-order valence-corrected chi connectivity index (χ1v) is 12.5. The molecule has 0 bridgehead atoms. The van der Waals surface area contributed by atoms with Crippen molar-refractivity contribution < 1.29 is 9.59 Å². The maximum absolute atomic E-state index is 12.5. The first kappa shape index (κ1) is 22.5. The molecule has 32 heavy (non-hydrogen) atoms. The Kier molecular flexibility index (Phi) is 7.24. The van der Waals surface area contributed by atoms with Crippen LogP contribution in [-0.4, -0.2) is 22.6 Å². The summed E-state index contributed by atoms with van der Waals surface area (Å²) in [6.45, 7) is 1.95. The van der Waals surface area contributed by atoms with Crippen LogP contribution in [0.3, 0.4) is 0 Å². The summed E-state index contributed by atoms with van der Waals surface area (Å²) in [6, 6.07) is 19.5. The van der Waals surface area contributed by atoms with E-state index in [0.29, 0.717) is 5.69 Å². The van der Waals surface area contributed by atoms with E-state index in [1.165, 1.54) is 23.1 Å². The Morgan fingerprint density at radius 3 is 2.62 bits per heavy atom. The average Bonchev–Trinajstić information content (AvgIpc) is 3.22. The molecule has 1 aromatic heterocycles. The molecule has 0 saturated heterocycles. The molecular formula is C24H20BrN3O2S2. The van der Waals surface area contributed by atoms with Crippen LogP contribution < -0.4 is 10.6 Å². The SMILES string of the molecule is Cc1cc(Br)ccc1NC(=O)Cc1csc(SCC(=O)Nc2cccc3ccccc23)n1. The standard InChI is InChI=1S/C24H20BrN3O2S2/c1-15-11-17(25)9-10-20(15)27-22(29)12-18-13-31-24(26-18)32-14-23(30)28-21-8-4-6-16-5-2-3-7-19(16)21/h2-11,13H,12,14H2,1H3,(H,27,29)(H,28,30). The molecule has 0 aliphatic carbocycles. The summed E-state index contributed by atoms with van der Waals surface area (Å²) < 4.78 is 1.74. The van der Waals surface area contributed by atoms with Crippen molar-refractivity contribution in [1.82, 2.24) is 4.98 Å². The molecule has 3 aromatic carbocycles. The quantitative estimate of drug-likeness (QED) is 0.278. The number of anilines is 2. The van der Waals surface area contributed by atoms with Crippen LogP contribution in [0.4, 0.5) is 11.4 Å². The predicted molar refractivity (Wildman–Crippen MR) is 137 cm³/mol. The van der Waals surface area contributed by atoms with Crippen LogP contribution in [-0.2, 0) is 16.0 Å². The summed E-state index contributed by atoms with van der Waals surface area (Å²) in [7, 11) is 0. The van der Waals surface area contributed by atoms with E-state index in [-0.39, 0.29) is 24.0 Å². The molecule has 162 valence electrons. The summed E-state index contributed by atoms with van der Waals surface area (Å²) in [4.78, 5) is 29.3. The lowest BCUT2D eigenvalue weighted by molar-refractivity contribution is -0.116. The molecule has 0 unspecified atom stereocenters. The number of nitrogens with zero attached hydrogens (tertiary/aromatic N) is 1. The van der Waals surface area contributed by atoms with Crippen molar-refractivity contribution in [2.75, 3.05) is 16.4 Å². The second kappa shape index (κ2) is 10.3. The molecule has 4 rings (SSSR count). The molecule has 0 spiro atoms. The number of rotatable bonds is 7. The smallest absolute Gasteiger partial charge is 0.234 e. The molecule has 4 aromatic rings. The van der Waals surface area contributed by atoms with Gasteiger partial charge in [0.25, 0.3) is 0 Å². The van der Waals surface area contributed by atoms with Crippen molar-refractivity contribution in [3.05, 3.63) is 81.8 Å². The van der Waals surface area contributed by atoms with Gasteiger partial charge in [-0.05, 0) is 42.1 Å². The minimum atomic E-state index is -0.119. The molecule has 5 nitrogen and oxygen atoms in total. The number of nitrogens with one attached hydrogen (secondary N) is 2. The highest BCUT2D eigenvalue weighted by molar-refractivity contribution is 9.10. The molecule has 0 aliphatic rings. The van der Waals surface area contributed by atoms with E-state index in [1.54, 1.807) is 0 Å². The Labute approximate surface area is 202 Å². The lowest BCUT2D eigenvalue weighted by atomic mass is 10.1. The summed E-state index contributed by atoms with van der Waals surface area (Å²) >= 11 is 6.23. The Hall–Kier alpha value is -2.68. The van der Waals surface area contributed by atoms with Gasteiger partial charge in [0.2, 0.25) is 11.8 Å². The van der Waals surface area contributed by atoms with Gasteiger partial charge in [0, 0.05) is 26.6 Å². The van der Waals surface area contributed by atoms with E-state index in [9.17, 15) is 9.59 Å². The molecule has 2 amide bonds. The van der Waals surface area contributed by atoms with Crippen LogP contribution >= 0.6 is 39.0 Å². The number of halogens is 1. The van der Waals surface area contributed by atoms with Gasteiger partial charge >= 0.3 is 0 Å². The van der Waals surface area contributed by atoms with E-state index in [4.69, 9.17) is 0 Å². The van der Waals surface area contributed by atoms with E-state index >= 15 is 0 Å². The molecule has 8 heteroatoms. The zero-order chi connectivity index (χ0) is 22.5.